The van der Waals surface area contributed by atoms with Crippen LogP contribution >= 0.6 is 0 Å². The molecule has 212 valence electrons. The molecule has 0 saturated heterocycles. The predicted octanol–water partition coefficient (Wildman–Crippen LogP) is 4.62. The molecule has 2 unspecified atom stereocenters. The number of sulfone groups is 1. The molecule has 1 aliphatic heterocycles. The fourth-order valence-corrected chi connectivity index (χ4v) is 5.55. The number of pyridine rings is 1. The van der Waals surface area contributed by atoms with Crippen LogP contribution < -0.4 is 10.2 Å². The Kier molecular flexibility index (Phi) is 7.02. The van der Waals surface area contributed by atoms with Gasteiger partial charge in [0.05, 0.1) is 35.5 Å². The van der Waals surface area contributed by atoms with Crippen molar-refractivity contribution >= 4 is 32.6 Å². The lowest BCUT2D eigenvalue weighted by molar-refractivity contribution is -0.149. The number of carbonyl (C=O) groups is 1. The molecule has 2 amide bonds. The number of benzene rings is 1. The van der Waals surface area contributed by atoms with E-state index >= 15 is 0 Å². The van der Waals surface area contributed by atoms with Crippen LogP contribution in [0.25, 0.3) is 16.7 Å². The second kappa shape index (κ2) is 10.2. The van der Waals surface area contributed by atoms with E-state index in [1.54, 1.807) is 0 Å². The summed E-state index contributed by atoms with van der Waals surface area (Å²) in [5, 5.41) is 13.6. The summed E-state index contributed by atoms with van der Waals surface area (Å²) in [4.78, 5) is 18.4. The van der Waals surface area contributed by atoms with Gasteiger partial charge < -0.3 is 5.32 Å². The summed E-state index contributed by atoms with van der Waals surface area (Å²) in [6, 6.07) is 2.62. The second-order valence-corrected chi connectivity index (χ2v) is 11.5. The molecule has 0 aliphatic carbocycles. The van der Waals surface area contributed by atoms with Crippen molar-refractivity contribution in [3.63, 3.8) is 0 Å². The minimum absolute atomic E-state index is 0.0171. The molecule has 2 atom stereocenters. The highest BCUT2D eigenvalue weighted by Crippen LogP contribution is 2.39. The molecule has 0 fully saturated rings. The van der Waals surface area contributed by atoms with Crippen molar-refractivity contribution in [2.24, 2.45) is 0 Å². The average Bonchev–Trinajstić information content (AvgIpc) is 3.54. The van der Waals surface area contributed by atoms with Gasteiger partial charge in [0.15, 0.2) is 20.5 Å². The molecule has 15 heteroatoms. The molecule has 0 radical (unpaired) electrons. The first kappa shape index (κ1) is 27.6. The van der Waals surface area contributed by atoms with E-state index in [2.05, 4.69) is 25.6 Å². The van der Waals surface area contributed by atoms with Crippen molar-refractivity contribution in [1.82, 2.24) is 30.3 Å². The number of amides is 2. The predicted molar refractivity (Wildman–Crippen MR) is 137 cm³/mol. The molecule has 1 aromatic carbocycles. The second-order valence-electron chi connectivity index (χ2n) is 9.58. The number of halogens is 4. The Morgan fingerprint density at radius 1 is 1.23 bits per heavy atom. The summed E-state index contributed by atoms with van der Waals surface area (Å²) in [5.74, 6) is -0.480. The molecular weight excluding hydrogens is 554 g/mol. The van der Waals surface area contributed by atoms with E-state index in [9.17, 15) is 30.8 Å². The van der Waals surface area contributed by atoms with Crippen LogP contribution in [-0.2, 0) is 16.3 Å². The van der Waals surface area contributed by atoms with Gasteiger partial charge in [0.25, 0.3) is 0 Å². The van der Waals surface area contributed by atoms with E-state index in [1.807, 2.05) is 6.92 Å². The third-order valence-corrected chi connectivity index (χ3v) is 7.77. The van der Waals surface area contributed by atoms with Crippen LogP contribution in [0.5, 0.6) is 0 Å². The lowest BCUT2D eigenvalue weighted by atomic mass is 9.99. The smallest absolute Gasteiger partial charge is 0.331 e. The van der Waals surface area contributed by atoms with Gasteiger partial charge in [-0.15, -0.1) is 0 Å². The summed E-state index contributed by atoms with van der Waals surface area (Å²) >= 11 is 0. The SMILES string of the molecule is CCCC(NC(=O)N1c2cnn(-c3ccc(F)cc3)c2CCC1C(F)(F)F)c1cc(S(C)(=O)=O)nc2[nH]ncc12. The first-order valence-corrected chi connectivity index (χ1v) is 14.3. The van der Waals surface area contributed by atoms with Gasteiger partial charge in [0, 0.05) is 11.6 Å². The van der Waals surface area contributed by atoms with Crippen molar-refractivity contribution < 1.29 is 30.8 Å². The van der Waals surface area contributed by atoms with Crippen LogP contribution in [0, 0.1) is 5.82 Å². The average molecular weight is 580 g/mol. The maximum absolute atomic E-state index is 14.2. The molecule has 4 heterocycles. The molecule has 1 aliphatic rings. The summed E-state index contributed by atoms with van der Waals surface area (Å²) in [6.45, 7) is 1.83. The zero-order valence-electron chi connectivity index (χ0n) is 21.4. The van der Waals surface area contributed by atoms with E-state index in [-0.39, 0.29) is 22.8 Å². The Bertz CT molecular complexity index is 1670. The van der Waals surface area contributed by atoms with Crippen LogP contribution in [0.2, 0.25) is 0 Å². The zero-order chi connectivity index (χ0) is 28.8. The molecule has 0 saturated carbocycles. The number of nitrogens with zero attached hydrogens (tertiary/aromatic N) is 5. The fourth-order valence-electron chi connectivity index (χ4n) is 4.96. The number of alkyl halides is 3. The number of rotatable bonds is 6. The number of aromatic nitrogens is 5. The van der Waals surface area contributed by atoms with Crippen LogP contribution in [0.3, 0.4) is 0 Å². The number of hydrogen-bond donors (Lipinski definition) is 2. The van der Waals surface area contributed by atoms with Gasteiger partial charge in [0.2, 0.25) is 0 Å². The number of aromatic amines is 1. The quantitative estimate of drug-likeness (QED) is 0.321. The number of carbonyl (C=O) groups excluding carboxylic acids is 1. The third-order valence-electron chi connectivity index (χ3n) is 6.80. The lowest BCUT2D eigenvalue weighted by Crippen LogP contribution is -2.55. The number of fused-ring (bicyclic) bond motifs is 2. The van der Waals surface area contributed by atoms with Gasteiger partial charge in [-0.05, 0) is 55.2 Å². The Morgan fingerprint density at radius 2 is 1.95 bits per heavy atom. The molecule has 4 aromatic rings. The van der Waals surface area contributed by atoms with E-state index in [4.69, 9.17) is 0 Å². The largest absolute Gasteiger partial charge is 0.409 e. The normalized spacial score (nSPS) is 16.6. The van der Waals surface area contributed by atoms with Gasteiger partial charge >= 0.3 is 12.2 Å². The zero-order valence-corrected chi connectivity index (χ0v) is 22.2. The van der Waals surface area contributed by atoms with Crippen molar-refractivity contribution in [2.45, 2.75) is 55.9 Å². The monoisotopic (exact) mass is 579 g/mol. The van der Waals surface area contributed by atoms with Crippen LogP contribution in [0.4, 0.5) is 28.0 Å². The molecule has 5 rings (SSSR count). The molecule has 40 heavy (non-hydrogen) atoms. The summed E-state index contributed by atoms with van der Waals surface area (Å²) in [5.41, 5.74) is 1.31. The maximum atomic E-state index is 14.2. The van der Waals surface area contributed by atoms with Gasteiger partial charge in [-0.3, -0.25) is 10.00 Å². The van der Waals surface area contributed by atoms with Crippen LogP contribution in [-0.4, -0.2) is 57.9 Å². The number of H-pyrrole nitrogens is 1. The molecule has 0 spiro atoms. The first-order chi connectivity index (χ1) is 18.9. The summed E-state index contributed by atoms with van der Waals surface area (Å²) in [6.07, 6.45) is -0.744. The highest BCUT2D eigenvalue weighted by molar-refractivity contribution is 7.90. The Morgan fingerprint density at radius 3 is 2.60 bits per heavy atom. The molecule has 10 nitrogen and oxygen atoms in total. The van der Waals surface area contributed by atoms with Crippen molar-refractivity contribution in [1.29, 1.82) is 0 Å². The minimum Gasteiger partial charge on any atom is -0.331 e. The molecule has 2 N–H and O–H groups in total. The highest BCUT2D eigenvalue weighted by Gasteiger charge is 2.49. The van der Waals surface area contributed by atoms with Gasteiger partial charge in [-0.2, -0.15) is 23.4 Å². The van der Waals surface area contributed by atoms with Crippen molar-refractivity contribution in [3.05, 3.63) is 59.8 Å². The van der Waals surface area contributed by atoms with E-state index in [1.165, 1.54) is 47.4 Å². The number of nitrogens with one attached hydrogen (secondary N) is 2. The topological polar surface area (TPSA) is 126 Å². The maximum Gasteiger partial charge on any atom is 0.409 e. The fraction of sp³-hybridized carbons (Fsp3) is 0.360. The van der Waals surface area contributed by atoms with Gasteiger partial charge in [0.1, 0.15) is 11.9 Å². The van der Waals surface area contributed by atoms with Gasteiger partial charge in [-0.1, -0.05) is 13.3 Å². The van der Waals surface area contributed by atoms with E-state index in [0.717, 1.165) is 6.26 Å². The molecular formula is C25H25F4N7O3S. The molecule has 3 aromatic heterocycles. The minimum atomic E-state index is -4.73. The third kappa shape index (κ3) is 5.12. The van der Waals surface area contributed by atoms with Crippen LogP contribution in [0.15, 0.2) is 47.8 Å². The van der Waals surface area contributed by atoms with Gasteiger partial charge in [-0.25, -0.2) is 27.3 Å². The summed E-state index contributed by atoms with van der Waals surface area (Å²) in [7, 11) is -3.75. The highest BCUT2D eigenvalue weighted by atomic mass is 32.2. The van der Waals surface area contributed by atoms with Crippen LogP contribution in [0.1, 0.15) is 43.5 Å². The van der Waals surface area contributed by atoms with E-state index < -0.39 is 46.4 Å². The number of urea groups is 1. The lowest BCUT2D eigenvalue weighted by Gasteiger charge is -2.37. The Balaban J connectivity index is 1.56. The van der Waals surface area contributed by atoms with E-state index in [0.29, 0.717) is 40.1 Å². The Hall–Kier alpha value is -4.01. The molecule has 0 bridgehead atoms. The number of hydrogen-bond acceptors (Lipinski definition) is 6. The van der Waals surface area contributed by atoms with Crippen molar-refractivity contribution in [2.75, 3.05) is 11.2 Å². The number of anilines is 1. The summed E-state index contributed by atoms with van der Waals surface area (Å²) < 4.78 is 82.0. The Labute approximate surface area is 226 Å². The van der Waals surface area contributed by atoms with Crippen molar-refractivity contribution in [3.8, 4) is 5.69 Å². The standard InChI is InChI=1S/C25H25F4N7O3S/c1-3-4-18(16-11-22(40(2,38)39)33-23-17(16)12-30-34-23)32-24(37)35-20-13-31-36(15-7-5-14(26)6-8-15)19(20)9-10-21(35)25(27,28)29/h5-8,11-13,18,21H,3-4,9-10H2,1-2H3,(H,32,37)(H,30,33,34). The first-order valence-electron chi connectivity index (χ1n) is 12.4.